The highest BCUT2D eigenvalue weighted by Gasteiger charge is 2.29. The largest absolute Gasteiger partial charge is 0.354 e. The molecule has 132 valence electrons. The second-order valence-electron chi connectivity index (χ2n) is 6.23. The summed E-state index contributed by atoms with van der Waals surface area (Å²) in [5.41, 5.74) is 1.36. The van der Waals surface area contributed by atoms with E-state index in [9.17, 15) is 9.59 Å². The normalized spacial score (nSPS) is 16.9. The van der Waals surface area contributed by atoms with Gasteiger partial charge >= 0.3 is 0 Å². The van der Waals surface area contributed by atoms with Crippen LogP contribution in [0.15, 0.2) is 24.4 Å². The zero-order valence-electron chi connectivity index (χ0n) is 14.6. The molecule has 0 radical (unpaired) electrons. The van der Waals surface area contributed by atoms with E-state index in [1.165, 1.54) is 6.92 Å². The second-order valence-corrected chi connectivity index (χ2v) is 6.23. The van der Waals surface area contributed by atoms with Gasteiger partial charge in [0.05, 0.1) is 5.52 Å². The molecule has 1 aliphatic rings. The van der Waals surface area contributed by atoms with E-state index in [1.54, 1.807) is 6.20 Å². The van der Waals surface area contributed by atoms with Crippen molar-refractivity contribution >= 4 is 28.7 Å². The highest BCUT2D eigenvalue weighted by Crippen LogP contribution is 2.22. The van der Waals surface area contributed by atoms with Crippen molar-refractivity contribution in [3.8, 4) is 0 Å². The van der Waals surface area contributed by atoms with Gasteiger partial charge in [0.2, 0.25) is 11.9 Å². The highest BCUT2D eigenvalue weighted by atomic mass is 16.2. The molecule has 2 amide bonds. The smallest absolute Gasteiger partial charge is 0.254 e. The van der Waals surface area contributed by atoms with E-state index in [0.29, 0.717) is 24.6 Å². The minimum Gasteiger partial charge on any atom is -0.354 e. The van der Waals surface area contributed by atoms with E-state index < -0.39 is 0 Å². The first-order valence-electron chi connectivity index (χ1n) is 8.64. The van der Waals surface area contributed by atoms with Gasteiger partial charge in [-0.3, -0.25) is 9.59 Å². The Hall–Kier alpha value is -2.70. The van der Waals surface area contributed by atoms with Crippen LogP contribution in [-0.2, 0) is 4.79 Å². The van der Waals surface area contributed by atoms with E-state index in [-0.39, 0.29) is 17.9 Å². The molecule has 0 bridgehead atoms. The number of carbonyl (C=O) groups excluding carboxylic acids is 2. The van der Waals surface area contributed by atoms with Crippen LogP contribution in [0.3, 0.4) is 0 Å². The third-order valence-corrected chi connectivity index (χ3v) is 4.39. The number of benzene rings is 1. The molecule has 1 atom stereocenters. The van der Waals surface area contributed by atoms with Crippen molar-refractivity contribution in [2.24, 2.45) is 0 Å². The highest BCUT2D eigenvalue weighted by molar-refractivity contribution is 5.98. The number of carbonyl (C=O) groups is 2. The summed E-state index contributed by atoms with van der Waals surface area (Å²) in [5, 5.41) is 6.79. The van der Waals surface area contributed by atoms with Gasteiger partial charge in [-0.2, -0.15) is 0 Å². The number of aromatic nitrogens is 2. The molecule has 1 fully saturated rings. The van der Waals surface area contributed by atoms with Crippen LogP contribution in [0.25, 0.3) is 10.9 Å². The molecule has 2 aromatic rings. The number of likely N-dealkylation sites (tertiary alicyclic amines) is 1. The van der Waals surface area contributed by atoms with Crippen molar-refractivity contribution < 1.29 is 9.59 Å². The fourth-order valence-electron chi connectivity index (χ4n) is 3.14. The van der Waals surface area contributed by atoms with Crippen LogP contribution in [0.2, 0.25) is 0 Å². The third kappa shape index (κ3) is 3.87. The topological polar surface area (TPSA) is 87.2 Å². The van der Waals surface area contributed by atoms with Gasteiger partial charge in [0.1, 0.15) is 0 Å². The summed E-state index contributed by atoms with van der Waals surface area (Å²) in [7, 11) is 0. The molecular formula is C18H23N5O2. The van der Waals surface area contributed by atoms with Crippen LogP contribution < -0.4 is 10.6 Å². The van der Waals surface area contributed by atoms with Crippen molar-refractivity contribution in [1.29, 1.82) is 0 Å². The first-order chi connectivity index (χ1) is 12.1. The SMILES string of the molecule is CCNc1ncc2ccc(C(=O)N3CCC[C@@H]3CNC(C)=O)cc2n1. The Bertz CT molecular complexity index is 792. The van der Waals surface area contributed by atoms with Gasteiger partial charge in [-0.05, 0) is 31.9 Å². The summed E-state index contributed by atoms with van der Waals surface area (Å²) in [6, 6.07) is 5.55. The fourth-order valence-corrected chi connectivity index (χ4v) is 3.14. The standard InChI is InChI=1S/C18H23N5O2/c1-3-19-18-21-10-14-7-6-13(9-16(14)22-18)17(25)23-8-4-5-15(23)11-20-12(2)24/h6-7,9-10,15H,3-5,8,11H2,1-2H3,(H,20,24)(H,19,21,22)/t15-/m1/s1. The fraction of sp³-hybridized carbons (Fsp3) is 0.444. The average Bonchev–Trinajstić information content (AvgIpc) is 3.07. The zero-order chi connectivity index (χ0) is 17.8. The lowest BCUT2D eigenvalue weighted by Gasteiger charge is -2.25. The van der Waals surface area contributed by atoms with Crippen molar-refractivity contribution in [3.63, 3.8) is 0 Å². The lowest BCUT2D eigenvalue weighted by Crippen LogP contribution is -2.42. The second kappa shape index (κ2) is 7.46. The van der Waals surface area contributed by atoms with Crippen molar-refractivity contribution in [2.45, 2.75) is 32.7 Å². The molecule has 0 unspecified atom stereocenters. The van der Waals surface area contributed by atoms with Gasteiger partial charge in [0.15, 0.2) is 0 Å². The lowest BCUT2D eigenvalue weighted by atomic mass is 10.1. The Labute approximate surface area is 146 Å². The number of amides is 2. The summed E-state index contributed by atoms with van der Waals surface area (Å²) in [4.78, 5) is 34.6. The maximum Gasteiger partial charge on any atom is 0.254 e. The van der Waals surface area contributed by atoms with Gasteiger partial charge in [-0.25, -0.2) is 9.97 Å². The number of hydrogen-bond acceptors (Lipinski definition) is 5. The Morgan fingerprint density at radius 2 is 2.20 bits per heavy atom. The minimum atomic E-state index is -0.0716. The van der Waals surface area contributed by atoms with Crippen LogP contribution in [0.1, 0.15) is 37.0 Å². The van der Waals surface area contributed by atoms with Crippen LogP contribution in [0, 0.1) is 0 Å². The molecule has 0 spiro atoms. The summed E-state index contributed by atoms with van der Waals surface area (Å²) >= 11 is 0. The van der Waals surface area contributed by atoms with Crippen molar-refractivity contribution in [3.05, 3.63) is 30.0 Å². The van der Waals surface area contributed by atoms with Gasteiger partial charge in [-0.15, -0.1) is 0 Å². The molecule has 1 aromatic carbocycles. The van der Waals surface area contributed by atoms with E-state index in [4.69, 9.17) is 0 Å². The molecule has 1 saturated heterocycles. The van der Waals surface area contributed by atoms with E-state index in [2.05, 4.69) is 20.6 Å². The predicted molar refractivity (Wildman–Crippen MR) is 96.4 cm³/mol. The molecule has 3 rings (SSSR count). The lowest BCUT2D eigenvalue weighted by molar-refractivity contribution is -0.119. The molecule has 0 aliphatic carbocycles. The molecular weight excluding hydrogens is 318 g/mol. The van der Waals surface area contributed by atoms with Gasteiger partial charge < -0.3 is 15.5 Å². The Balaban J connectivity index is 1.82. The van der Waals surface area contributed by atoms with E-state index in [0.717, 1.165) is 30.3 Å². The summed E-state index contributed by atoms with van der Waals surface area (Å²) in [6.45, 7) is 5.43. The van der Waals surface area contributed by atoms with Crippen LogP contribution in [0.4, 0.5) is 5.95 Å². The quantitative estimate of drug-likeness (QED) is 0.866. The van der Waals surface area contributed by atoms with E-state index in [1.807, 2.05) is 30.0 Å². The van der Waals surface area contributed by atoms with Gasteiger partial charge in [0.25, 0.3) is 5.91 Å². The zero-order valence-corrected chi connectivity index (χ0v) is 14.6. The van der Waals surface area contributed by atoms with Crippen molar-refractivity contribution in [1.82, 2.24) is 20.2 Å². The average molecular weight is 341 g/mol. The number of rotatable bonds is 5. The molecule has 1 aromatic heterocycles. The number of anilines is 1. The predicted octanol–water partition coefficient (Wildman–Crippen LogP) is 1.80. The number of nitrogens with zero attached hydrogens (tertiary/aromatic N) is 3. The minimum absolute atomic E-state index is 0.0154. The molecule has 0 saturated carbocycles. The summed E-state index contributed by atoms with van der Waals surface area (Å²) in [5.74, 6) is 0.473. The van der Waals surface area contributed by atoms with E-state index >= 15 is 0 Å². The van der Waals surface area contributed by atoms with Gasteiger partial charge in [-0.1, -0.05) is 6.07 Å². The Morgan fingerprint density at radius 3 is 2.96 bits per heavy atom. The molecule has 2 N–H and O–H groups in total. The molecule has 7 nitrogen and oxygen atoms in total. The van der Waals surface area contributed by atoms with Crippen LogP contribution >= 0.6 is 0 Å². The Morgan fingerprint density at radius 1 is 1.36 bits per heavy atom. The van der Waals surface area contributed by atoms with Crippen LogP contribution in [0.5, 0.6) is 0 Å². The first-order valence-corrected chi connectivity index (χ1v) is 8.64. The first kappa shape index (κ1) is 17.1. The third-order valence-electron chi connectivity index (χ3n) is 4.39. The maximum absolute atomic E-state index is 12.9. The molecule has 25 heavy (non-hydrogen) atoms. The maximum atomic E-state index is 12.9. The van der Waals surface area contributed by atoms with Crippen LogP contribution in [-0.4, -0.2) is 52.4 Å². The monoisotopic (exact) mass is 341 g/mol. The molecule has 2 heterocycles. The molecule has 7 heteroatoms. The molecule has 1 aliphatic heterocycles. The summed E-state index contributed by atoms with van der Waals surface area (Å²) < 4.78 is 0. The van der Waals surface area contributed by atoms with Crippen molar-refractivity contribution in [2.75, 3.05) is 25.0 Å². The number of nitrogens with one attached hydrogen (secondary N) is 2. The summed E-state index contributed by atoms with van der Waals surface area (Å²) in [6.07, 6.45) is 3.62. The number of fused-ring (bicyclic) bond motifs is 1. The van der Waals surface area contributed by atoms with Gasteiger partial charge in [0, 0.05) is 49.7 Å². The number of hydrogen-bond donors (Lipinski definition) is 2. The Kier molecular flexibility index (Phi) is 5.11.